The van der Waals surface area contributed by atoms with Crippen LogP contribution in [0.2, 0.25) is 5.02 Å². The highest BCUT2D eigenvalue weighted by Crippen LogP contribution is 2.39. The van der Waals surface area contributed by atoms with Gasteiger partial charge in [-0.05, 0) is 23.6 Å². The molecule has 0 unspecified atom stereocenters. The van der Waals surface area contributed by atoms with Gasteiger partial charge >= 0.3 is 0 Å². The molecule has 1 aliphatic rings. The van der Waals surface area contributed by atoms with Gasteiger partial charge < -0.3 is 5.32 Å². The number of hydrogen-bond acceptors (Lipinski definition) is 2. The van der Waals surface area contributed by atoms with Crippen LogP contribution in [-0.4, -0.2) is 31.1 Å². The third-order valence-electron chi connectivity index (χ3n) is 3.59. The van der Waals surface area contributed by atoms with E-state index in [0.29, 0.717) is 10.6 Å². The zero-order chi connectivity index (χ0) is 14.0. The fraction of sp³-hybridized carbons (Fsp3) is 0.600. The second-order valence-electron chi connectivity index (χ2n) is 6.22. The smallest absolute Gasteiger partial charge is 0.128 e. The van der Waals surface area contributed by atoms with Gasteiger partial charge in [0, 0.05) is 42.8 Å². The van der Waals surface area contributed by atoms with E-state index < -0.39 is 0 Å². The van der Waals surface area contributed by atoms with Crippen molar-refractivity contribution in [2.45, 2.75) is 26.8 Å². The molecule has 1 heterocycles. The molecule has 4 heteroatoms. The molecule has 1 aromatic carbocycles. The van der Waals surface area contributed by atoms with Crippen molar-refractivity contribution in [3.8, 4) is 0 Å². The summed E-state index contributed by atoms with van der Waals surface area (Å²) in [5, 5.41) is 3.93. The molecule has 0 radical (unpaired) electrons. The highest BCUT2D eigenvalue weighted by atomic mass is 35.5. The number of nitrogens with zero attached hydrogens (tertiary/aromatic N) is 1. The molecule has 1 saturated heterocycles. The van der Waals surface area contributed by atoms with Crippen LogP contribution in [0.3, 0.4) is 0 Å². The molecule has 2 rings (SSSR count). The Labute approximate surface area is 119 Å². The lowest BCUT2D eigenvalue weighted by Crippen LogP contribution is -2.48. The van der Waals surface area contributed by atoms with E-state index >= 15 is 0 Å². The lowest BCUT2D eigenvalue weighted by molar-refractivity contribution is 0.0834. The van der Waals surface area contributed by atoms with Crippen molar-refractivity contribution in [3.05, 3.63) is 34.6 Å². The minimum atomic E-state index is -0.164. The summed E-state index contributed by atoms with van der Waals surface area (Å²) in [6.07, 6.45) is 0. The van der Waals surface area contributed by atoms with E-state index in [9.17, 15) is 4.39 Å². The zero-order valence-corrected chi connectivity index (χ0v) is 12.6. The van der Waals surface area contributed by atoms with E-state index in [1.165, 1.54) is 6.07 Å². The molecular weight excluding hydrogens is 263 g/mol. The number of nitrogens with one attached hydrogen (secondary N) is 1. The van der Waals surface area contributed by atoms with Gasteiger partial charge in [-0.2, -0.15) is 0 Å². The summed E-state index contributed by atoms with van der Waals surface area (Å²) < 4.78 is 14.2. The molecule has 106 valence electrons. The van der Waals surface area contributed by atoms with Crippen molar-refractivity contribution in [1.29, 1.82) is 0 Å². The van der Waals surface area contributed by atoms with Gasteiger partial charge in [0.25, 0.3) is 0 Å². The van der Waals surface area contributed by atoms with Crippen LogP contribution in [0.5, 0.6) is 0 Å². The van der Waals surface area contributed by atoms with Crippen LogP contribution >= 0.6 is 11.6 Å². The summed E-state index contributed by atoms with van der Waals surface area (Å²) in [7, 11) is 0. The molecule has 0 amide bonds. The topological polar surface area (TPSA) is 15.3 Å². The summed E-state index contributed by atoms with van der Waals surface area (Å²) in [6.45, 7) is 10.2. The van der Waals surface area contributed by atoms with Crippen LogP contribution in [0.1, 0.15) is 32.4 Å². The van der Waals surface area contributed by atoms with Crippen molar-refractivity contribution < 1.29 is 4.39 Å². The third kappa shape index (κ3) is 3.47. The number of halogens is 2. The Kier molecular flexibility index (Phi) is 4.49. The molecule has 19 heavy (non-hydrogen) atoms. The van der Waals surface area contributed by atoms with Crippen LogP contribution in [0, 0.1) is 11.2 Å². The summed E-state index contributed by atoms with van der Waals surface area (Å²) in [6, 6.07) is 4.90. The SMILES string of the molecule is CC(C)(C)[C@H](c1cc(Cl)ccc1F)N1CCNCC1. The van der Waals surface area contributed by atoms with Crippen LogP contribution < -0.4 is 5.32 Å². The Morgan fingerprint density at radius 2 is 1.89 bits per heavy atom. The van der Waals surface area contributed by atoms with Gasteiger partial charge in [-0.3, -0.25) is 4.90 Å². The maximum atomic E-state index is 14.2. The van der Waals surface area contributed by atoms with Gasteiger partial charge in [0.1, 0.15) is 5.82 Å². The second-order valence-corrected chi connectivity index (χ2v) is 6.66. The second kappa shape index (κ2) is 5.78. The Hall–Kier alpha value is -0.640. The van der Waals surface area contributed by atoms with Crippen molar-refractivity contribution in [1.82, 2.24) is 10.2 Å². The van der Waals surface area contributed by atoms with Crippen LogP contribution in [0.25, 0.3) is 0 Å². The Morgan fingerprint density at radius 1 is 1.26 bits per heavy atom. The Bertz CT molecular complexity index is 436. The monoisotopic (exact) mass is 284 g/mol. The van der Waals surface area contributed by atoms with Crippen molar-refractivity contribution in [2.24, 2.45) is 5.41 Å². The van der Waals surface area contributed by atoms with Crippen LogP contribution in [0.15, 0.2) is 18.2 Å². The third-order valence-corrected chi connectivity index (χ3v) is 3.82. The first-order chi connectivity index (χ1) is 8.89. The number of rotatable bonds is 2. The molecule has 0 aliphatic carbocycles. The van der Waals surface area contributed by atoms with E-state index in [4.69, 9.17) is 11.6 Å². The number of hydrogen-bond donors (Lipinski definition) is 1. The normalized spacial score (nSPS) is 19.4. The van der Waals surface area contributed by atoms with Crippen LogP contribution in [-0.2, 0) is 0 Å². The average Bonchev–Trinajstić information content (AvgIpc) is 2.33. The molecule has 0 bridgehead atoms. The molecule has 0 saturated carbocycles. The van der Waals surface area contributed by atoms with Crippen molar-refractivity contribution >= 4 is 11.6 Å². The number of piperazine rings is 1. The zero-order valence-electron chi connectivity index (χ0n) is 11.8. The Balaban J connectivity index is 2.39. The largest absolute Gasteiger partial charge is 0.314 e. The van der Waals surface area contributed by atoms with Gasteiger partial charge in [0.15, 0.2) is 0 Å². The molecule has 1 atom stereocenters. The predicted octanol–water partition coefficient (Wildman–Crippen LogP) is 3.47. The maximum Gasteiger partial charge on any atom is 0.128 e. The van der Waals surface area contributed by atoms with Gasteiger partial charge in [-0.1, -0.05) is 32.4 Å². The molecule has 1 N–H and O–H groups in total. The fourth-order valence-electron chi connectivity index (χ4n) is 2.88. The van der Waals surface area contributed by atoms with E-state index in [2.05, 4.69) is 31.0 Å². The van der Waals surface area contributed by atoms with E-state index in [1.54, 1.807) is 12.1 Å². The van der Waals surface area contributed by atoms with Gasteiger partial charge in [0.2, 0.25) is 0 Å². The first-order valence-electron chi connectivity index (χ1n) is 6.79. The minimum Gasteiger partial charge on any atom is -0.314 e. The molecule has 0 aromatic heterocycles. The standard InChI is InChI=1S/C15H22ClFN2/c1-15(2,3)14(19-8-6-18-7-9-19)12-10-11(16)4-5-13(12)17/h4-5,10,14,18H,6-9H2,1-3H3/t14-/m0/s1. The van der Waals surface area contributed by atoms with E-state index in [0.717, 1.165) is 26.2 Å². The Morgan fingerprint density at radius 3 is 2.47 bits per heavy atom. The maximum absolute atomic E-state index is 14.2. The lowest BCUT2D eigenvalue weighted by Gasteiger charge is -2.42. The molecule has 1 fully saturated rings. The lowest BCUT2D eigenvalue weighted by atomic mass is 9.80. The molecule has 1 aliphatic heterocycles. The van der Waals surface area contributed by atoms with Crippen molar-refractivity contribution in [3.63, 3.8) is 0 Å². The summed E-state index contributed by atoms with van der Waals surface area (Å²) in [5.41, 5.74) is 0.671. The number of benzene rings is 1. The van der Waals surface area contributed by atoms with Crippen molar-refractivity contribution in [2.75, 3.05) is 26.2 Å². The highest BCUT2D eigenvalue weighted by molar-refractivity contribution is 6.30. The predicted molar refractivity (Wildman–Crippen MR) is 78.0 cm³/mol. The molecular formula is C15H22ClFN2. The van der Waals surface area contributed by atoms with E-state index in [1.807, 2.05) is 0 Å². The summed E-state index contributed by atoms with van der Waals surface area (Å²) in [4.78, 5) is 2.35. The molecule has 0 spiro atoms. The fourth-order valence-corrected chi connectivity index (χ4v) is 3.06. The first kappa shape index (κ1) is 14.8. The van der Waals surface area contributed by atoms with Gasteiger partial charge in [-0.15, -0.1) is 0 Å². The quantitative estimate of drug-likeness (QED) is 0.895. The minimum absolute atomic E-state index is 0.0388. The average molecular weight is 285 g/mol. The molecule has 1 aromatic rings. The summed E-state index contributed by atoms with van der Waals surface area (Å²) >= 11 is 6.05. The highest BCUT2D eigenvalue weighted by Gasteiger charge is 2.34. The molecule has 2 nitrogen and oxygen atoms in total. The van der Waals surface area contributed by atoms with E-state index in [-0.39, 0.29) is 17.3 Å². The first-order valence-corrected chi connectivity index (χ1v) is 7.17. The summed E-state index contributed by atoms with van der Waals surface area (Å²) in [5.74, 6) is -0.164. The van der Waals surface area contributed by atoms with Gasteiger partial charge in [0.05, 0.1) is 0 Å². The van der Waals surface area contributed by atoms with Gasteiger partial charge in [-0.25, -0.2) is 4.39 Å². The van der Waals surface area contributed by atoms with Crippen LogP contribution in [0.4, 0.5) is 4.39 Å².